The summed E-state index contributed by atoms with van der Waals surface area (Å²) in [5, 5.41) is 0.369. The number of aryl methyl sites for hydroxylation is 1. The predicted octanol–water partition coefficient (Wildman–Crippen LogP) is 5.66. The molecule has 1 aromatic heterocycles. The number of esters is 1. The highest BCUT2D eigenvalue weighted by Gasteiger charge is 2.15. The monoisotopic (exact) mass is 460 g/mol. The molecule has 0 aliphatic rings. The fourth-order valence-electron chi connectivity index (χ4n) is 3.45. The van der Waals surface area contributed by atoms with Gasteiger partial charge in [-0.15, -0.1) is 0 Å². The molecular weight excluding hydrogens is 436 g/mol. The van der Waals surface area contributed by atoms with Crippen LogP contribution in [0.5, 0.6) is 23.0 Å². The summed E-state index contributed by atoms with van der Waals surface area (Å²) < 4.78 is 27.9. The Balaban J connectivity index is 1.55. The molecule has 7 nitrogen and oxygen atoms in total. The Morgan fingerprint density at radius 2 is 1.71 bits per heavy atom. The average Bonchev–Trinajstić information content (AvgIpc) is 2.85. The smallest absolute Gasteiger partial charge is 0.338 e. The van der Waals surface area contributed by atoms with Crippen LogP contribution in [0.3, 0.4) is 0 Å². The van der Waals surface area contributed by atoms with Gasteiger partial charge >= 0.3 is 5.97 Å². The van der Waals surface area contributed by atoms with E-state index < -0.39 is 5.97 Å². The highest BCUT2D eigenvalue weighted by Crippen LogP contribution is 2.28. The number of fused-ring (bicyclic) bond motifs is 1. The van der Waals surface area contributed by atoms with Gasteiger partial charge in [-0.25, -0.2) is 4.79 Å². The van der Waals surface area contributed by atoms with Crippen LogP contribution in [0.25, 0.3) is 11.0 Å². The molecule has 0 spiro atoms. The van der Waals surface area contributed by atoms with Crippen molar-refractivity contribution in [3.05, 3.63) is 93.8 Å². The van der Waals surface area contributed by atoms with Gasteiger partial charge in [-0.1, -0.05) is 18.2 Å². The first-order chi connectivity index (χ1) is 16.5. The standard InChI is InChI=1S/C27H24O7/c1-4-31-27(29)18-9-11-20(12-10-18)34-26-17(2)33-24-15-21(13-14-22(24)25(26)28)32-16-19-7-5-6-8-23(19)30-3/h5-15H,4,16H2,1-3H3. The van der Waals surface area contributed by atoms with Crippen LogP contribution in [-0.2, 0) is 11.3 Å². The Labute approximate surface area is 196 Å². The number of rotatable bonds is 8. The number of benzene rings is 3. The third-order valence-corrected chi connectivity index (χ3v) is 5.16. The first-order valence-corrected chi connectivity index (χ1v) is 10.8. The number of para-hydroxylation sites is 1. The molecule has 0 radical (unpaired) electrons. The quantitative estimate of drug-likeness (QED) is 0.314. The first-order valence-electron chi connectivity index (χ1n) is 10.8. The molecule has 7 heteroatoms. The average molecular weight is 460 g/mol. The van der Waals surface area contributed by atoms with Crippen LogP contribution in [0.1, 0.15) is 28.6 Å². The molecule has 4 rings (SSSR count). The molecule has 34 heavy (non-hydrogen) atoms. The Kier molecular flexibility index (Phi) is 6.82. The molecule has 0 atom stereocenters. The molecule has 1 heterocycles. The molecule has 0 N–H and O–H groups in total. The molecule has 0 saturated heterocycles. The van der Waals surface area contributed by atoms with Crippen LogP contribution in [0.15, 0.2) is 75.9 Å². The van der Waals surface area contributed by atoms with E-state index in [1.807, 2.05) is 24.3 Å². The van der Waals surface area contributed by atoms with E-state index in [2.05, 4.69) is 0 Å². The fraction of sp³-hybridized carbons (Fsp3) is 0.185. The molecule has 174 valence electrons. The number of methoxy groups -OCH3 is 1. The second kappa shape index (κ2) is 10.1. The maximum absolute atomic E-state index is 13.1. The largest absolute Gasteiger partial charge is 0.496 e. The Morgan fingerprint density at radius 3 is 2.44 bits per heavy atom. The van der Waals surface area contributed by atoms with Crippen molar-refractivity contribution >= 4 is 16.9 Å². The van der Waals surface area contributed by atoms with Crippen LogP contribution in [0.2, 0.25) is 0 Å². The Bertz CT molecular complexity index is 1370. The summed E-state index contributed by atoms with van der Waals surface area (Å²) >= 11 is 0. The maximum Gasteiger partial charge on any atom is 0.338 e. The van der Waals surface area contributed by atoms with Gasteiger partial charge in [0.05, 0.1) is 24.7 Å². The van der Waals surface area contributed by atoms with E-state index in [-0.39, 0.29) is 11.2 Å². The summed E-state index contributed by atoms with van der Waals surface area (Å²) in [7, 11) is 1.61. The van der Waals surface area contributed by atoms with Crippen molar-refractivity contribution in [2.45, 2.75) is 20.5 Å². The number of hydrogen-bond donors (Lipinski definition) is 0. The van der Waals surface area contributed by atoms with Gasteiger partial charge in [0.25, 0.3) is 0 Å². The van der Waals surface area contributed by atoms with Gasteiger partial charge in [0.1, 0.15) is 35.2 Å². The minimum absolute atomic E-state index is 0.0825. The van der Waals surface area contributed by atoms with E-state index in [1.165, 1.54) is 0 Å². The van der Waals surface area contributed by atoms with Gasteiger partial charge in [-0.05, 0) is 56.3 Å². The minimum Gasteiger partial charge on any atom is -0.496 e. The van der Waals surface area contributed by atoms with E-state index >= 15 is 0 Å². The third-order valence-electron chi connectivity index (χ3n) is 5.16. The van der Waals surface area contributed by atoms with Crippen molar-refractivity contribution in [2.24, 2.45) is 0 Å². The van der Waals surface area contributed by atoms with Gasteiger partial charge in [-0.3, -0.25) is 4.79 Å². The summed E-state index contributed by atoms with van der Waals surface area (Å²) in [6.45, 7) is 4.00. The normalized spacial score (nSPS) is 10.7. The SMILES string of the molecule is CCOC(=O)c1ccc(Oc2c(C)oc3cc(OCc4ccccc4OC)ccc3c2=O)cc1. The highest BCUT2D eigenvalue weighted by atomic mass is 16.5. The molecule has 0 aliphatic carbocycles. The van der Waals surface area contributed by atoms with Gasteiger partial charge in [0, 0.05) is 11.6 Å². The Hall–Kier alpha value is -4.26. The first kappa shape index (κ1) is 22.9. The lowest BCUT2D eigenvalue weighted by atomic mass is 10.2. The summed E-state index contributed by atoms with van der Waals surface area (Å²) in [6.07, 6.45) is 0. The van der Waals surface area contributed by atoms with Crippen molar-refractivity contribution in [3.63, 3.8) is 0 Å². The van der Waals surface area contributed by atoms with Crippen LogP contribution in [-0.4, -0.2) is 19.7 Å². The molecule has 0 unspecified atom stereocenters. The van der Waals surface area contributed by atoms with E-state index in [0.717, 1.165) is 11.3 Å². The molecule has 0 saturated carbocycles. The number of hydrogen-bond acceptors (Lipinski definition) is 7. The van der Waals surface area contributed by atoms with Gasteiger partial charge in [0.2, 0.25) is 11.2 Å². The zero-order valence-corrected chi connectivity index (χ0v) is 19.1. The predicted molar refractivity (Wildman–Crippen MR) is 127 cm³/mol. The molecular formula is C27H24O7. The molecule has 4 aromatic rings. The van der Waals surface area contributed by atoms with Gasteiger partial charge < -0.3 is 23.4 Å². The topological polar surface area (TPSA) is 84.2 Å². The van der Waals surface area contributed by atoms with Crippen LogP contribution in [0.4, 0.5) is 0 Å². The van der Waals surface area contributed by atoms with E-state index in [9.17, 15) is 9.59 Å². The number of carbonyl (C=O) groups excluding carboxylic acids is 1. The van der Waals surface area contributed by atoms with Crippen molar-refractivity contribution in [1.29, 1.82) is 0 Å². The van der Waals surface area contributed by atoms with Gasteiger partial charge in [0.15, 0.2) is 0 Å². The van der Waals surface area contributed by atoms with E-state index in [4.69, 9.17) is 23.4 Å². The number of ether oxygens (including phenoxy) is 4. The maximum atomic E-state index is 13.1. The summed E-state index contributed by atoms with van der Waals surface area (Å²) in [5.74, 6) is 1.69. The van der Waals surface area contributed by atoms with Gasteiger partial charge in [-0.2, -0.15) is 0 Å². The molecule has 3 aromatic carbocycles. The molecule has 0 amide bonds. The highest BCUT2D eigenvalue weighted by molar-refractivity contribution is 5.89. The van der Waals surface area contributed by atoms with Crippen molar-refractivity contribution < 1.29 is 28.2 Å². The summed E-state index contributed by atoms with van der Waals surface area (Å²) in [4.78, 5) is 24.9. The lowest BCUT2D eigenvalue weighted by molar-refractivity contribution is 0.0526. The lowest BCUT2D eigenvalue weighted by Crippen LogP contribution is -2.08. The molecule has 0 fully saturated rings. The van der Waals surface area contributed by atoms with Crippen LogP contribution in [0, 0.1) is 6.92 Å². The van der Waals surface area contributed by atoms with Crippen molar-refractivity contribution in [1.82, 2.24) is 0 Å². The number of carbonyl (C=O) groups is 1. The van der Waals surface area contributed by atoms with Crippen molar-refractivity contribution in [3.8, 4) is 23.0 Å². The van der Waals surface area contributed by atoms with Crippen LogP contribution >= 0.6 is 0 Å². The molecule has 0 bridgehead atoms. The second-order valence-electron chi connectivity index (χ2n) is 7.42. The fourth-order valence-corrected chi connectivity index (χ4v) is 3.45. The van der Waals surface area contributed by atoms with E-state index in [0.29, 0.717) is 47.0 Å². The second-order valence-corrected chi connectivity index (χ2v) is 7.42. The van der Waals surface area contributed by atoms with Crippen LogP contribution < -0.4 is 19.6 Å². The van der Waals surface area contributed by atoms with E-state index in [1.54, 1.807) is 63.4 Å². The zero-order valence-electron chi connectivity index (χ0n) is 19.1. The van der Waals surface area contributed by atoms with Crippen molar-refractivity contribution in [2.75, 3.05) is 13.7 Å². The lowest BCUT2D eigenvalue weighted by Gasteiger charge is -2.12. The summed E-state index contributed by atoms with van der Waals surface area (Å²) in [5.41, 5.74) is 1.40. The third kappa shape index (κ3) is 4.88. The zero-order chi connectivity index (χ0) is 24.1. The summed E-state index contributed by atoms with van der Waals surface area (Å²) in [6, 6.07) is 19.0. The minimum atomic E-state index is -0.417. The Morgan fingerprint density at radius 1 is 0.971 bits per heavy atom. The molecule has 0 aliphatic heterocycles.